The first-order valence-electron chi connectivity index (χ1n) is 8.89. The maximum atomic E-state index is 13.3. The van der Waals surface area contributed by atoms with Gasteiger partial charge in [0.2, 0.25) is 5.91 Å². The zero-order chi connectivity index (χ0) is 18.4. The molecule has 0 spiro atoms. The number of carbonyl (C=O) groups excluding carboxylic acids is 1. The van der Waals surface area contributed by atoms with Crippen LogP contribution in [0.3, 0.4) is 0 Å². The monoisotopic (exact) mass is 350 g/mol. The molecule has 1 N–H and O–H groups in total. The zero-order valence-corrected chi connectivity index (χ0v) is 14.9. The van der Waals surface area contributed by atoms with Gasteiger partial charge >= 0.3 is 5.97 Å². The summed E-state index contributed by atoms with van der Waals surface area (Å²) in [6.45, 7) is 5.63. The van der Waals surface area contributed by atoms with Crippen LogP contribution >= 0.6 is 0 Å². The molecule has 1 amide bonds. The molecule has 1 aliphatic rings. The Morgan fingerprint density at radius 2 is 2.20 bits per heavy atom. The van der Waals surface area contributed by atoms with E-state index in [1.807, 2.05) is 19.9 Å². The standard InChI is InChI=1S/C19H27FN2O3/c1-3-14(2)22(13-18(23)24)19(25)16-7-5-9-21(12-16)11-15-6-4-8-17(20)10-15/h4,6,8,10,14,16H,3,5,7,9,11-13H2,1-2H3,(H,23,24)/t14-,16+/m0/s1. The Kier molecular flexibility index (Phi) is 6.93. The molecule has 138 valence electrons. The van der Waals surface area contributed by atoms with Gasteiger partial charge in [-0.2, -0.15) is 0 Å². The van der Waals surface area contributed by atoms with Crippen molar-refractivity contribution in [2.24, 2.45) is 5.92 Å². The van der Waals surface area contributed by atoms with Crippen LogP contribution in [0.25, 0.3) is 0 Å². The highest BCUT2D eigenvalue weighted by molar-refractivity contribution is 5.83. The topological polar surface area (TPSA) is 60.9 Å². The number of nitrogens with zero attached hydrogens (tertiary/aromatic N) is 2. The van der Waals surface area contributed by atoms with E-state index in [0.29, 0.717) is 13.1 Å². The minimum Gasteiger partial charge on any atom is -0.480 e. The average Bonchev–Trinajstić information content (AvgIpc) is 2.58. The summed E-state index contributed by atoms with van der Waals surface area (Å²) in [4.78, 5) is 27.6. The van der Waals surface area contributed by atoms with Gasteiger partial charge in [-0.05, 0) is 50.4 Å². The van der Waals surface area contributed by atoms with E-state index in [0.717, 1.165) is 31.4 Å². The van der Waals surface area contributed by atoms with Crippen molar-refractivity contribution < 1.29 is 19.1 Å². The molecule has 1 aromatic rings. The summed E-state index contributed by atoms with van der Waals surface area (Å²) >= 11 is 0. The molecular formula is C19H27FN2O3. The van der Waals surface area contributed by atoms with Gasteiger partial charge in [-0.1, -0.05) is 19.1 Å². The van der Waals surface area contributed by atoms with Crippen LogP contribution in [0.15, 0.2) is 24.3 Å². The fraction of sp³-hybridized carbons (Fsp3) is 0.579. The Labute approximate surface area is 148 Å². The number of benzene rings is 1. The lowest BCUT2D eigenvalue weighted by molar-refractivity contribution is -0.149. The number of piperidine rings is 1. The summed E-state index contributed by atoms with van der Waals surface area (Å²) in [5.41, 5.74) is 0.886. The van der Waals surface area contributed by atoms with Crippen LogP contribution in [0.1, 0.15) is 38.7 Å². The van der Waals surface area contributed by atoms with E-state index < -0.39 is 5.97 Å². The summed E-state index contributed by atoms with van der Waals surface area (Å²) in [6.07, 6.45) is 2.37. The van der Waals surface area contributed by atoms with Gasteiger partial charge in [-0.15, -0.1) is 0 Å². The summed E-state index contributed by atoms with van der Waals surface area (Å²) in [6, 6.07) is 6.41. The quantitative estimate of drug-likeness (QED) is 0.821. The first-order valence-corrected chi connectivity index (χ1v) is 8.89. The Bertz CT molecular complexity index is 608. The van der Waals surface area contributed by atoms with Gasteiger partial charge in [0.25, 0.3) is 0 Å². The van der Waals surface area contributed by atoms with Gasteiger partial charge in [0.05, 0.1) is 5.92 Å². The minimum absolute atomic E-state index is 0.0827. The fourth-order valence-electron chi connectivity index (χ4n) is 3.35. The fourth-order valence-corrected chi connectivity index (χ4v) is 3.35. The molecule has 1 aliphatic heterocycles. The van der Waals surface area contributed by atoms with Crippen LogP contribution in [0.2, 0.25) is 0 Å². The van der Waals surface area contributed by atoms with Crippen molar-refractivity contribution in [3.05, 3.63) is 35.6 Å². The van der Waals surface area contributed by atoms with Crippen LogP contribution in [0.5, 0.6) is 0 Å². The van der Waals surface area contributed by atoms with Gasteiger partial charge in [0, 0.05) is 19.1 Å². The molecule has 0 saturated carbocycles. The molecule has 0 aliphatic carbocycles. The SMILES string of the molecule is CC[C@H](C)N(CC(=O)O)C(=O)[C@@H]1CCCN(Cc2cccc(F)c2)C1. The number of carboxylic acids is 1. The first-order chi connectivity index (χ1) is 11.9. The summed E-state index contributed by atoms with van der Waals surface area (Å²) in [5.74, 6) is -1.52. The van der Waals surface area contributed by atoms with Crippen molar-refractivity contribution >= 4 is 11.9 Å². The van der Waals surface area contributed by atoms with Crippen molar-refractivity contribution in [2.45, 2.75) is 45.7 Å². The highest BCUT2D eigenvalue weighted by Crippen LogP contribution is 2.22. The van der Waals surface area contributed by atoms with Crippen molar-refractivity contribution in [1.82, 2.24) is 9.80 Å². The summed E-state index contributed by atoms with van der Waals surface area (Å²) < 4.78 is 13.3. The molecule has 1 heterocycles. The number of halogens is 1. The number of rotatable bonds is 7. The molecule has 2 atom stereocenters. The highest BCUT2D eigenvalue weighted by Gasteiger charge is 2.32. The number of aliphatic carboxylic acids is 1. The van der Waals surface area contributed by atoms with E-state index >= 15 is 0 Å². The second kappa shape index (κ2) is 8.94. The highest BCUT2D eigenvalue weighted by atomic mass is 19.1. The second-order valence-electron chi connectivity index (χ2n) is 6.82. The number of hydrogen-bond acceptors (Lipinski definition) is 3. The van der Waals surface area contributed by atoms with E-state index in [4.69, 9.17) is 5.11 Å². The molecule has 25 heavy (non-hydrogen) atoms. The molecule has 5 nitrogen and oxygen atoms in total. The molecule has 0 aromatic heterocycles. The van der Waals surface area contributed by atoms with Crippen LogP contribution in [0.4, 0.5) is 4.39 Å². The third kappa shape index (κ3) is 5.53. The number of amides is 1. The Morgan fingerprint density at radius 1 is 1.44 bits per heavy atom. The van der Waals surface area contributed by atoms with Gasteiger partial charge in [0.15, 0.2) is 0 Å². The first kappa shape index (κ1) is 19.4. The predicted molar refractivity (Wildman–Crippen MR) is 93.5 cm³/mol. The summed E-state index contributed by atoms with van der Waals surface area (Å²) in [7, 11) is 0. The lowest BCUT2D eigenvalue weighted by Gasteiger charge is -2.36. The van der Waals surface area contributed by atoms with E-state index in [2.05, 4.69) is 4.90 Å². The van der Waals surface area contributed by atoms with Crippen LogP contribution in [-0.4, -0.2) is 52.5 Å². The molecule has 6 heteroatoms. The normalized spacial score (nSPS) is 19.4. The van der Waals surface area contributed by atoms with Gasteiger partial charge < -0.3 is 10.0 Å². The van der Waals surface area contributed by atoms with Crippen molar-refractivity contribution in [3.63, 3.8) is 0 Å². The van der Waals surface area contributed by atoms with Crippen LogP contribution in [0, 0.1) is 11.7 Å². The molecule has 1 aromatic carbocycles. The maximum absolute atomic E-state index is 13.3. The molecule has 2 rings (SSSR count). The number of carbonyl (C=O) groups is 2. The molecular weight excluding hydrogens is 323 g/mol. The van der Waals surface area contributed by atoms with Crippen LogP contribution < -0.4 is 0 Å². The van der Waals surface area contributed by atoms with E-state index in [1.165, 1.54) is 17.0 Å². The van der Waals surface area contributed by atoms with E-state index in [1.54, 1.807) is 6.07 Å². The largest absolute Gasteiger partial charge is 0.480 e. The lowest BCUT2D eigenvalue weighted by Crippen LogP contribution is -2.49. The number of carboxylic acid groups (broad SMARTS) is 1. The Balaban J connectivity index is 2.02. The maximum Gasteiger partial charge on any atom is 0.323 e. The minimum atomic E-state index is -0.985. The van der Waals surface area contributed by atoms with E-state index in [-0.39, 0.29) is 30.2 Å². The predicted octanol–water partition coefficient (Wildman–Crippen LogP) is 2.75. The lowest BCUT2D eigenvalue weighted by atomic mass is 9.95. The third-order valence-corrected chi connectivity index (χ3v) is 4.86. The van der Waals surface area contributed by atoms with Gasteiger partial charge in [-0.3, -0.25) is 14.5 Å². The molecule has 0 unspecified atom stereocenters. The van der Waals surface area contributed by atoms with E-state index in [9.17, 15) is 14.0 Å². The van der Waals surface area contributed by atoms with Gasteiger partial charge in [0.1, 0.15) is 12.4 Å². The van der Waals surface area contributed by atoms with Gasteiger partial charge in [-0.25, -0.2) is 4.39 Å². The van der Waals surface area contributed by atoms with Crippen molar-refractivity contribution in [1.29, 1.82) is 0 Å². The number of hydrogen-bond donors (Lipinski definition) is 1. The molecule has 0 radical (unpaired) electrons. The smallest absolute Gasteiger partial charge is 0.323 e. The zero-order valence-electron chi connectivity index (χ0n) is 14.9. The molecule has 0 bridgehead atoms. The van der Waals surface area contributed by atoms with Crippen molar-refractivity contribution in [2.75, 3.05) is 19.6 Å². The second-order valence-corrected chi connectivity index (χ2v) is 6.82. The summed E-state index contributed by atoms with van der Waals surface area (Å²) in [5, 5.41) is 9.11. The Morgan fingerprint density at radius 3 is 2.84 bits per heavy atom. The Hall–Kier alpha value is -1.95. The average molecular weight is 350 g/mol. The van der Waals surface area contributed by atoms with Crippen LogP contribution in [-0.2, 0) is 16.1 Å². The molecule has 1 fully saturated rings. The number of likely N-dealkylation sites (tertiary alicyclic amines) is 1. The molecule has 1 saturated heterocycles. The third-order valence-electron chi connectivity index (χ3n) is 4.86. The van der Waals surface area contributed by atoms with Crippen molar-refractivity contribution in [3.8, 4) is 0 Å².